The van der Waals surface area contributed by atoms with E-state index in [4.69, 9.17) is 0 Å². The van der Waals surface area contributed by atoms with Gasteiger partial charge >= 0.3 is 0 Å². The molecule has 0 aliphatic heterocycles. The maximum Gasteiger partial charge on any atom is 0.255 e. The van der Waals surface area contributed by atoms with E-state index >= 15 is 0 Å². The number of nitrogens with one attached hydrogen (secondary N) is 2. The number of hydrogen-bond acceptors (Lipinski definition) is 5. The van der Waals surface area contributed by atoms with E-state index < -0.39 is 15.7 Å². The van der Waals surface area contributed by atoms with E-state index in [0.717, 1.165) is 11.8 Å². The highest BCUT2D eigenvalue weighted by atomic mass is 32.2. The first-order chi connectivity index (χ1) is 13.3. The Bertz CT molecular complexity index is 1080. The molecule has 1 heterocycles. The molecule has 0 bridgehead atoms. The molecule has 0 fully saturated rings. The van der Waals surface area contributed by atoms with Gasteiger partial charge in [-0.25, -0.2) is 17.8 Å². The zero-order valence-electron chi connectivity index (χ0n) is 15.0. The van der Waals surface area contributed by atoms with Crippen LogP contribution in [-0.2, 0) is 16.4 Å². The Balaban J connectivity index is 1.64. The average Bonchev–Trinajstić information content (AvgIpc) is 2.67. The lowest BCUT2D eigenvalue weighted by atomic mass is 10.1. The molecule has 2 aromatic carbocycles. The molecule has 0 saturated heterocycles. The highest BCUT2D eigenvalue weighted by Gasteiger charge is 2.13. The van der Waals surface area contributed by atoms with E-state index in [1.165, 1.54) is 36.5 Å². The number of sulfone groups is 1. The van der Waals surface area contributed by atoms with Gasteiger partial charge in [0.25, 0.3) is 5.91 Å². The quantitative estimate of drug-likeness (QED) is 0.662. The van der Waals surface area contributed by atoms with Crippen LogP contribution in [0.25, 0.3) is 0 Å². The van der Waals surface area contributed by atoms with Crippen molar-refractivity contribution in [3.05, 3.63) is 83.8 Å². The summed E-state index contributed by atoms with van der Waals surface area (Å²) in [6.45, 7) is 0.367. The Morgan fingerprint density at radius 3 is 2.36 bits per heavy atom. The van der Waals surface area contributed by atoms with E-state index in [1.54, 1.807) is 30.3 Å². The van der Waals surface area contributed by atoms with E-state index in [0.29, 0.717) is 23.6 Å². The number of nitrogens with zero attached hydrogens (tertiary/aromatic N) is 1. The van der Waals surface area contributed by atoms with Crippen molar-refractivity contribution >= 4 is 27.2 Å². The number of anilines is 2. The molecule has 0 spiro atoms. The molecule has 0 aliphatic carbocycles. The first kappa shape index (κ1) is 19.5. The van der Waals surface area contributed by atoms with Gasteiger partial charge in [0.15, 0.2) is 9.84 Å². The SMILES string of the molecule is CS(=O)(=O)c1cccnc1NCc1ccc(NC(=O)c2ccc(F)cc2)cc1. The largest absolute Gasteiger partial charge is 0.365 e. The van der Waals surface area contributed by atoms with Crippen LogP contribution in [0.1, 0.15) is 15.9 Å². The zero-order valence-corrected chi connectivity index (χ0v) is 15.8. The minimum atomic E-state index is -3.38. The lowest BCUT2D eigenvalue weighted by Gasteiger charge is -2.10. The van der Waals surface area contributed by atoms with Crippen molar-refractivity contribution in [2.45, 2.75) is 11.4 Å². The standard InChI is InChI=1S/C20H18FN3O3S/c1-28(26,27)18-3-2-12-22-19(18)23-13-14-4-10-17(11-5-14)24-20(25)15-6-8-16(21)9-7-15/h2-12H,13H2,1H3,(H,22,23)(H,24,25). The second kappa shape index (κ2) is 8.18. The summed E-state index contributed by atoms with van der Waals surface area (Å²) in [5.41, 5.74) is 1.83. The van der Waals surface area contributed by atoms with Crippen molar-refractivity contribution in [2.24, 2.45) is 0 Å². The minimum absolute atomic E-state index is 0.137. The summed E-state index contributed by atoms with van der Waals surface area (Å²) in [6.07, 6.45) is 2.65. The van der Waals surface area contributed by atoms with Crippen molar-refractivity contribution in [2.75, 3.05) is 16.9 Å². The summed E-state index contributed by atoms with van der Waals surface area (Å²) in [5.74, 6) is -0.448. The zero-order chi connectivity index (χ0) is 20.1. The summed E-state index contributed by atoms with van der Waals surface area (Å²) in [7, 11) is -3.38. The van der Waals surface area contributed by atoms with Crippen molar-refractivity contribution in [3.63, 3.8) is 0 Å². The van der Waals surface area contributed by atoms with Crippen LogP contribution >= 0.6 is 0 Å². The summed E-state index contributed by atoms with van der Waals surface area (Å²) in [5, 5.41) is 5.75. The van der Waals surface area contributed by atoms with Crippen LogP contribution in [0.4, 0.5) is 15.9 Å². The molecule has 1 aromatic heterocycles. The normalized spacial score (nSPS) is 11.1. The summed E-state index contributed by atoms with van der Waals surface area (Å²) in [6, 6.07) is 15.4. The third-order valence-electron chi connectivity index (χ3n) is 3.95. The van der Waals surface area contributed by atoms with Crippen LogP contribution in [-0.4, -0.2) is 25.6 Å². The Morgan fingerprint density at radius 2 is 1.71 bits per heavy atom. The molecular weight excluding hydrogens is 381 g/mol. The maximum absolute atomic E-state index is 12.9. The van der Waals surface area contributed by atoms with E-state index in [2.05, 4.69) is 15.6 Å². The fourth-order valence-electron chi connectivity index (χ4n) is 2.52. The van der Waals surface area contributed by atoms with Crippen molar-refractivity contribution in [1.82, 2.24) is 4.98 Å². The van der Waals surface area contributed by atoms with Gasteiger partial charge in [-0.1, -0.05) is 12.1 Å². The van der Waals surface area contributed by atoms with Gasteiger partial charge in [0.05, 0.1) is 0 Å². The number of pyridine rings is 1. The number of carbonyl (C=O) groups is 1. The van der Waals surface area contributed by atoms with E-state index in [-0.39, 0.29) is 10.8 Å². The summed E-state index contributed by atoms with van der Waals surface area (Å²) < 4.78 is 36.5. The van der Waals surface area contributed by atoms with Gasteiger partial charge in [-0.05, 0) is 54.1 Å². The molecule has 8 heteroatoms. The molecule has 3 rings (SSSR count). The molecule has 6 nitrogen and oxygen atoms in total. The number of amides is 1. The number of halogens is 1. The Hall–Kier alpha value is -3.26. The predicted octanol–water partition coefficient (Wildman–Crippen LogP) is 3.49. The van der Waals surface area contributed by atoms with Gasteiger partial charge in [0.2, 0.25) is 0 Å². The smallest absolute Gasteiger partial charge is 0.255 e. The van der Waals surface area contributed by atoms with E-state index in [9.17, 15) is 17.6 Å². The Labute approximate surface area is 162 Å². The topological polar surface area (TPSA) is 88.2 Å². The molecule has 0 atom stereocenters. The molecule has 1 amide bonds. The third-order valence-corrected chi connectivity index (χ3v) is 5.08. The molecule has 0 aliphatic rings. The van der Waals surface area contributed by atoms with Gasteiger partial charge in [-0.3, -0.25) is 4.79 Å². The van der Waals surface area contributed by atoms with Crippen LogP contribution in [0.3, 0.4) is 0 Å². The third kappa shape index (κ3) is 4.92. The molecule has 3 aromatic rings. The van der Waals surface area contributed by atoms with Crippen LogP contribution in [0.5, 0.6) is 0 Å². The molecule has 2 N–H and O–H groups in total. The lowest BCUT2D eigenvalue weighted by Crippen LogP contribution is -2.12. The number of aromatic nitrogens is 1. The first-order valence-corrected chi connectivity index (χ1v) is 10.3. The van der Waals surface area contributed by atoms with Gasteiger partial charge in [0, 0.05) is 30.2 Å². The highest BCUT2D eigenvalue weighted by molar-refractivity contribution is 7.90. The first-order valence-electron chi connectivity index (χ1n) is 8.38. The summed E-state index contributed by atoms with van der Waals surface area (Å²) >= 11 is 0. The van der Waals surface area contributed by atoms with Gasteiger partial charge in [0.1, 0.15) is 16.5 Å². The summed E-state index contributed by atoms with van der Waals surface area (Å²) in [4.78, 5) is 16.4. The van der Waals surface area contributed by atoms with Crippen LogP contribution < -0.4 is 10.6 Å². The fourth-order valence-corrected chi connectivity index (χ4v) is 3.32. The van der Waals surface area contributed by atoms with Gasteiger partial charge in [-0.15, -0.1) is 0 Å². The van der Waals surface area contributed by atoms with Gasteiger partial charge < -0.3 is 10.6 Å². The number of rotatable bonds is 6. The molecule has 144 valence electrons. The number of benzene rings is 2. The Morgan fingerprint density at radius 1 is 1.04 bits per heavy atom. The second-order valence-electron chi connectivity index (χ2n) is 6.13. The van der Waals surface area contributed by atoms with Crippen LogP contribution in [0, 0.1) is 5.82 Å². The van der Waals surface area contributed by atoms with Crippen LogP contribution in [0.15, 0.2) is 71.8 Å². The lowest BCUT2D eigenvalue weighted by molar-refractivity contribution is 0.102. The molecule has 0 saturated carbocycles. The van der Waals surface area contributed by atoms with E-state index in [1.807, 2.05) is 0 Å². The number of carbonyl (C=O) groups excluding carboxylic acids is 1. The van der Waals surface area contributed by atoms with Gasteiger partial charge in [-0.2, -0.15) is 0 Å². The average molecular weight is 399 g/mol. The number of hydrogen-bond donors (Lipinski definition) is 2. The van der Waals surface area contributed by atoms with Crippen LogP contribution in [0.2, 0.25) is 0 Å². The molecule has 28 heavy (non-hydrogen) atoms. The molecule has 0 unspecified atom stereocenters. The fraction of sp³-hybridized carbons (Fsp3) is 0.100. The highest BCUT2D eigenvalue weighted by Crippen LogP contribution is 2.19. The minimum Gasteiger partial charge on any atom is -0.365 e. The van der Waals surface area contributed by atoms with Crippen molar-refractivity contribution < 1.29 is 17.6 Å². The maximum atomic E-state index is 12.9. The predicted molar refractivity (Wildman–Crippen MR) is 105 cm³/mol. The van der Waals surface area contributed by atoms with Crippen molar-refractivity contribution in [3.8, 4) is 0 Å². The van der Waals surface area contributed by atoms with Crippen molar-refractivity contribution in [1.29, 1.82) is 0 Å². The molecular formula is C20H18FN3O3S. The Kier molecular flexibility index (Phi) is 5.70. The monoisotopic (exact) mass is 399 g/mol. The molecule has 0 radical (unpaired) electrons. The second-order valence-corrected chi connectivity index (χ2v) is 8.12.